The number of rotatable bonds is 9. The molecule has 1 atom stereocenters. The third kappa shape index (κ3) is 5.66. The summed E-state index contributed by atoms with van der Waals surface area (Å²) < 4.78 is 39.3. The van der Waals surface area contributed by atoms with Crippen molar-refractivity contribution in [1.29, 1.82) is 0 Å². The summed E-state index contributed by atoms with van der Waals surface area (Å²) >= 11 is 0. The van der Waals surface area contributed by atoms with Crippen molar-refractivity contribution in [3.63, 3.8) is 0 Å². The molecule has 168 valence electrons. The van der Waals surface area contributed by atoms with Gasteiger partial charge in [0.25, 0.3) is 0 Å². The van der Waals surface area contributed by atoms with E-state index in [9.17, 15) is 13.2 Å². The zero-order chi connectivity index (χ0) is 23.1. The van der Waals surface area contributed by atoms with Gasteiger partial charge in [0, 0.05) is 0 Å². The Morgan fingerprint density at radius 2 is 1.56 bits per heavy atom. The molecule has 0 aromatic heterocycles. The number of sulfonamides is 1. The van der Waals surface area contributed by atoms with Crippen LogP contribution in [0.25, 0.3) is 0 Å². The molecule has 2 N–H and O–H groups in total. The molecule has 0 saturated carbocycles. The van der Waals surface area contributed by atoms with Gasteiger partial charge in [0.05, 0.1) is 24.8 Å². The first kappa shape index (κ1) is 23.3. The van der Waals surface area contributed by atoms with Gasteiger partial charge < -0.3 is 14.8 Å². The summed E-state index contributed by atoms with van der Waals surface area (Å²) in [6.07, 6.45) is 0.177. The molecule has 0 aliphatic carbocycles. The second kappa shape index (κ2) is 10.3. The Bertz CT molecular complexity index is 1180. The van der Waals surface area contributed by atoms with E-state index in [0.29, 0.717) is 22.7 Å². The Kier molecular flexibility index (Phi) is 7.50. The van der Waals surface area contributed by atoms with Crippen molar-refractivity contribution in [2.24, 2.45) is 0 Å². The van der Waals surface area contributed by atoms with Crippen molar-refractivity contribution < 1.29 is 22.7 Å². The molecule has 0 heterocycles. The quantitative estimate of drug-likeness (QED) is 0.516. The SMILES string of the molecule is COc1ccc(S(=O)(=O)N[C@@H](Cc2ccccc2)C(=O)Nc2ccccc2OC)cc1C. The number of hydrogen-bond acceptors (Lipinski definition) is 5. The van der Waals surface area contributed by atoms with E-state index in [1.54, 1.807) is 37.3 Å². The highest BCUT2D eigenvalue weighted by molar-refractivity contribution is 7.89. The maximum Gasteiger partial charge on any atom is 0.243 e. The number of benzene rings is 3. The first-order valence-electron chi connectivity index (χ1n) is 9.99. The van der Waals surface area contributed by atoms with E-state index in [1.807, 2.05) is 30.3 Å². The molecule has 0 radical (unpaired) electrons. The van der Waals surface area contributed by atoms with Crippen molar-refractivity contribution in [3.05, 3.63) is 83.9 Å². The van der Waals surface area contributed by atoms with Gasteiger partial charge in [0.15, 0.2) is 0 Å². The molecule has 1 amide bonds. The Labute approximate surface area is 188 Å². The largest absolute Gasteiger partial charge is 0.496 e. The number of anilines is 1. The zero-order valence-corrected chi connectivity index (χ0v) is 19.0. The first-order valence-corrected chi connectivity index (χ1v) is 11.5. The van der Waals surface area contributed by atoms with Gasteiger partial charge >= 0.3 is 0 Å². The molecule has 0 unspecified atom stereocenters. The van der Waals surface area contributed by atoms with Crippen LogP contribution in [0.4, 0.5) is 5.69 Å². The molecule has 3 aromatic carbocycles. The zero-order valence-electron chi connectivity index (χ0n) is 18.2. The van der Waals surface area contributed by atoms with Gasteiger partial charge in [-0.15, -0.1) is 0 Å². The molecule has 3 rings (SSSR count). The van der Waals surface area contributed by atoms with Gasteiger partial charge in [0.2, 0.25) is 15.9 Å². The predicted octanol–water partition coefficient (Wildman–Crippen LogP) is 3.54. The number of carbonyl (C=O) groups is 1. The lowest BCUT2D eigenvalue weighted by Crippen LogP contribution is -2.45. The van der Waals surface area contributed by atoms with Crippen LogP contribution in [-0.4, -0.2) is 34.6 Å². The van der Waals surface area contributed by atoms with Crippen molar-refractivity contribution in [2.45, 2.75) is 24.3 Å². The Balaban J connectivity index is 1.90. The van der Waals surface area contributed by atoms with Gasteiger partial charge in [-0.1, -0.05) is 42.5 Å². The van der Waals surface area contributed by atoms with E-state index in [2.05, 4.69) is 10.0 Å². The standard InChI is InChI=1S/C24H26N2O5S/c1-17-15-19(13-14-22(17)30-2)32(28,29)26-21(16-18-9-5-4-6-10-18)24(27)25-20-11-7-8-12-23(20)31-3/h4-15,21,26H,16H2,1-3H3,(H,25,27)/t21-/m0/s1. The Morgan fingerprint density at radius 1 is 0.906 bits per heavy atom. The molecule has 0 bridgehead atoms. The average molecular weight is 455 g/mol. The maximum atomic E-state index is 13.1. The number of nitrogens with one attached hydrogen (secondary N) is 2. The van der Waals surface area contributed by atoms with Crippen LogP contribution < -0.4 is 19.5 Å². The molecular formula is C24H26N2O5S. The van der Waals surface area contributed by atoms with E-state index in [1.165, 1.54) is 26.4 Å². The topological polar surface area (TPSA) is 93.7 Å². The minimum absolute atomic E-state index is 0.0546. The van der Waals surface area contributed by atoms with Gasteiger partial charge in [0.1, 0.15) is 17.5 Å². The third-order valence-corrected chi connectivity index (χ3v) is 6.41. The molecule has 0 fully saturated rings. The fourth-order valence-electron chi connectivity index (χ4n) is 3.28. The van der Waals surface area contributed by atoms with Crippen molar-refractivity contribution in [3.8, 4) is 11.5 Å². The van der Waals surface area contributed by atoms with Gasteiger partial charge in [-0.3, -0.25) is 4.79 Å². The number of methoxy groups -OCH3 is 2. The second-order valence-corrected chi connectivity index (χ2v) is 8.90. The van der Waals surface area contributed by atoms with Crippen LogP contribution in [0.15, 0.2) is 77.7 Å². The molecule has 0 saturated heterocycles. The minimum Gasteiger partial charge on any atom is -0.496 e. The first-order chi connectivity index (χ1) is 15.3. The van der Waals surface area contributed by atoms with E-state index in [4.69, 9.17) is 9.47 Å². The fraction of sp³-hybridized carbons (Fsp3) is 0.208. The predicted molar refractivity (Wildman–Crippen MR) is 124 cm³/mol. The lowest BCUT2D eigenvalue weighted by molar-refractivity contribution is -0.117. The number of ether oxygens (including phenoxy) is 2. The number of aryl methyl sites for hydroxylation is 1. The highest BCUT2D eigenvalue weighted by atomic mass is 32.2. The maximum absolute atomic E-state index is 13.1. The van der Waals surface area contributed by atoms with E-state index in [-0.39, 0.29) is 11.3 Å². The van der Waals surface area contributed by atoms with Crippen LogP contribution >= 0.6 is 0 Å². The highest BCUT2D eigenvalue weighted by Gasteiger charge is 2.27. The van der Waals surface area contributed by atoms with Crippen molar-refractivity contribution in [2.75, 3.05) is 19.5 Å². The highest BCUT2D eigenvalue weighted by Crippen LogP contribution is 2.24. The van der Waals surface area contributed by atoms with E-state index < -0.39 is 22.0 Å². The van der Waals surface area contributed by atoms with E-state index >= 15 is 0 Å². The van der Waals surface area contributed by atoms with Crippen molar-refractivity contribution >= 4 is 21.6 Å². The smallest absolute Gasteiger partial charge is 0.243 e. The Hall–Kier alpha value is -3.36. The second-order valence-electron chi connectivity index (χ2n) is 7.18. The molecule has 0 aliphatic rings. The third-order valence-electron chi connectivity index (χ3n) is 4.94. The van der Waals surface area contributed by atoms with Crippen LogP contribution in [0.3, 0.4) is 0 Å². The summed E-state index contributed by atoms with van der Waals surface area (Å²) in [4.78, 5) is 13.2. The summed E-state index contributed by atoms with van der Waals surface area (Å²) in [5.41, 5.74) is 1.95. The lowest BCUT2D eigenvalue weighted by atomic mass is 10.1. The Morgan fingerprint density at radius 3 is 2.22 bits per heavy atom. The molecule has 0 aliphatic heterocycles. The molecule has 32 heavy (non-hydrogen) atoms. The summed E-state index contributed by atoms with van der Waals surface area (Å²) in [5, 5.41) is 2.77. The van der Waals surface area contributed by atoms with Gasteiger partial charge in [-0.2, -0.15) is 4.72 Å². The monoisotopic (exact) mass is 454 g/mol. The molecule has 8 heteroatoms. The van der Waals surface area contributed by atoms with Crippen LogP contribution in [-0.2, 0) is 21.2 Å². The lowest BCUT2D eigenvalue weighted by Gasteiger charge is -2.20. The van der Waals surface area contributed by atoms with Gasteiger partial charge in [-0.25, -0.2) is 8.42 Å². The summed E-state index contributed by atoms with van der Waals surface area (Å²) in [5.74, 6) is 0.568. The fourth-order valence-corrected chi connectivity index (χ4v) is 4.56. The summed E-state index contributed by atoms with van der Waals surface area (Å²) in [7, 11) is -0.956. The number of amides is 1. The summed E-state index contributed by atoms with van der Waals surface area (Å²) in [6.45, 7) is 1.76. The molecular weight excluding hydrogens is 428 g/mol. The molecule has 3 aromatic rings. The number of para-hydroxylation sites is 2. The van der Waals surface area contributed by atoms with Crippen molar-refractivity contribution in [1.82, 2.24) is 4.72 Å². The average Bonchev–Trinajstić information content (AvgIpc) is 2.79. The summed E-state index contributed by atoms with van der Waals surface area (Å²) in [6, 6.07) is 19.7. The number of hydrogen-bond donors (Lipinski definition) is 2. The van der Waals surface area contributed by atoms with E-state index in [0.717, 1.165) is 5.56 Å². The molecule has 7 nitrogen and oxygen atoms in total. The van der Waals surface area contributed by atoms with Crippen LogP contribution in [0.1, 0.15) is 11.1 Å². The normalized spacial score (nSPS) is 12.1. The number of carbonyl (C=O) groups excluding carboxylic acids is 1. The van der Waals surface area contributed by atoms with Crippen LogP contribution in [0.2, 0.25) is 0 Å². The van der Waals surface area contributed by atoms with Crippen LogP contribution in [0.5, 0.6) is 11.5 Å². The van der Waals surface area contributed by atoms with Gasteiger partial charge in [-0.05, 0) is 54.8 Å². The minimum atomic E-state index is -3.98. The van der Waals surface area contributed by atoms with Crippen LogP contribution in [0, 0.1) is 6.92 Å². The molecule has 0 spiro atoms.